The van der Waals surface area contributed by atoms with Crippen LogP contribution in [0.5, 0.6) is 0 Å². The second kappa shape index (κ2) is 6.08. The average molecular weight is 341 g/mol. The second-order valence-corrected chi connectivity index (χ2v) is 5.18. The van der Waals surface area contributed by atoms with E-state index in [2.05, 4.69) is 21.2 Å². The Balaban J connectivity index is 2.09. The molecule has 19 heavy (non-hydrogen) atoms. The third-order valence-corrected chi connectivity index (χ3v) is 3.66. The smallest absolute Gasteiger partial charge is 0.248 e. The van der Waals surface area contributed by atoms with Gasteiger partial charge < -0.3 is 9.73 Å². The predicted octanol–water partition coefficient (Wildman–Crippen LogP) is 4.66. The maximum Gasteiger partial charge on any atom is 0.248 e. The minimum atomic E-state index is -0.238. The van der Waals surface area contributed by atoms with Crippen molar-refractivity contribution < 1.29 is 9.21 Å². The van der Waals surface area contributed by atoms with Crippen LogP contribution in [0.25, 0.3) is 6.08 Å². The Morgan fingerprint density at radius 3 is 2.95 bits per heavy atom. The van der Waals surface area contributed by atoms with Crippen molar-refractivity contribution >= 4 is 45.2 Å². The summed E-state index contributed by atoms with van der Waals surface area (Å²) in [4.78, 5) is 11.8. The monoisotopic (exact) mass is 339 g/mol. The number of carbonyl (C=O) groups excluding carboxylic acids is 1. The molecular formula is C14H11BrClNO2. The average Bonchev–Trinajstić information content (AvgIpc) is 2.86. The first kappa shape index (κ1) is 13.9. The van der Waals surface area contributed by atoms with Crippen molar-refractivity contribution in [2.24, 2.45) is 0 Å². The number of rotatable bonds is 3. The van der Waals surface area contributed by atoms with Crippen LogP contribution in [-0.2, 0) is 4.79 Å². The zero-order valence-corrected chi connectivity index (χ0v) is 12.5. The molecule has 0 unspecified atom stereocenters. The highest BCUT2D eigenvalue weighted by Crippen LogP contribution is 2.28. The molecule has 2 rings (SSSR count). The van der Waals surface area contributed by atoms with E-state index in [0.29, 0.717) is 16.5 Å². The van der Waals surface area contributed by atoms with Gasteiger partial charge in [0, 0.05) is 16.2 Å². The van der Waals surface area contributed by atoms with Crippen LogP contribution in [0, 0.1) is 6.92 Å². The Kier molecular flexibility index (Phi) is 4.45. The molecule has 1 aromatic carbocycles. The van der Waals surface area contributed by atoms with E-state index in [1.807, 2.05) is 13.0 Å². The Labute approximate surface area is 124 Å². The topological polar surface area (TPSA) is 42.2 Å². The summed E-state index contributed by atoms with van der Waals surface area (Å²) in [5, 5.41) is 3.32. The largest absolute Gasteiger partial charge is 0.465 e. The van der Waals surface area contributed by atoms with Crippen molar-refractivity contribution in [1.29, 1.82) is 0 Å². The number of anilines is 1. The molecule has 0 fully saturated rings. The van der Waals surface area contributed by atoms with Gasteiger partial charge in [-0.1, -0.05) is 11.6 Å². The van der Waals surface area contributed by atoms with Crippen molar-refractivity contribution in [3.05, 3.63) is 57.4 Å². The molecule has 0 aliphatic heterocycles. The first-order chi connectivity index (χ1) is 9.06. The molecule has 0 spiro atoms. The molecule has 0 atom stereocenters. The first-order valence-corrected chi connectivity index (χ1v) is 6.71. The van der Waals surface area contributed by atoms with E-state index in [9.17, 15) is 4.79 Å². The molecule has 0 bridgehead atoms. The van der Waals surface area contributed by atoms with Gasteiger partial charge in [0.25, 0.3) is 0 Å². The van der Waals surface area contributed by atoms with Crippen LogP contribution in [0.15, 0.2) is 45.5 Å². The van der Waals surface area contributed by atoms with Gasteiger partial charge in [-0.3, -0.25) is 4.79 Å². The third-order valence-electron chi connectivity index (χ3n) is 2.47. The van der Waals surface area contributed by atoms with E-state index in [-0.39, 0.29) is 5.91 Å². The number of benzene rings is 1. The van der Waals surface area contributed by atoms with Crippen molar-refractivity contribution in [3.8, 4) is 0 Å². The van der Waals surface area contributed by atoms with E-state index in [1.54, 1.807) is 30.5 Å². The maximum absolute atomic E-state index is 11.8. The number of halogens is 2. The molecule has 2 aromatic rings. The zero-order valence-electron chi connectivity index (χ0n) is 10.1. The highest BCUT2D eigenvalue weighted by atomic mass is 79.9. The van der Waals surface area contributed by atoms with Gasteiger partial charge in [-0.15, -0.1) is 0 Å². The maximum atomic E-state index is 11.8. The third kappa shape index (κ3) is 3.72. The van der Waals surface area contributed by atoms with Gasteiger partial charge in [0.05, 0.1) is 11.3 Å². The molecule has 0 aliphatic rings. The Morgan fingerprint density at radius 2 is 2.26 bits per heavy atom. The fourth-order valence-electron chi connectivity index (χ4n) is 1.50. The second-order valence-electron chi connectivity index (χ2n) is 3.92. The normalized spacial score (nSPS) is 10.9. The molecular weight excluding hydrogens is 330 g/mol. The summed E-state index contributed by atoms with van der Waals surface area (Å²) in [5.74, 6) is 0.388. The molecule has 98 valence electrons. The standard InChI is InChI=1S/C14H11BrClNO2/c1-9-7-11(15)12(16)8-13(9)17-14(18)5-4-10-3-2-6-19-10/h2-8H,1H3,(H,17,18)/b5-4+. The van der Waals surface area contributed by atoms with E-state index < -0.39 is 0 Å². The Morgan fingerprint density at radius 1 is 1.47 bits per heavy atom. The molecule has 3 nitrogen and oxygen atoms in total. The minimum Gasteiger partial charge on any atom is -0.465 e. The molecule has 5 heteroatoms. The molecule has 0 saturated carbocycles. The van der Waals surface area contributed by atoms with Crippen LogP contribution >= 0.6 is 27.5 Å². The first-order valence-electron chi connectivity index (χ1n) is 5.54. The Hall–Kier alpha value is -1.52. The van der Waals surface area contributed by atoms with Crippen LogP contribution < -0.4 is 5.32 Å². The van der Waals surface area contributed by atoms with E-state index in [1.165, 1.54) is 6.08 Å². The summed E-state index contributed by atoms with van der Waals surface area (Å²) in [5.41, 5.74) is 1.61. The number of furan rings is 1. The summed E-state index contributed by atoms with van der Waals surface area (Å²) in [7, 11) is 0. The molecule has 0 radical (unpaired) electrons. The molecule has 0 saturated heterocycles. The highest BCUT2D eigenvalue weighted by Gasteiger charge is 2.06. The van der Waals surface area contributed by atoms with Crippen LogP contribution in [0.2, 0.25) is 5.02 Å². The van der Waals surface area contributed by atoms with Crippen molar-refractivity contribution in [2.75, 3.05) is 5.32 Å². The predicted molar refractivity (Wildman–Crippen MR) is 80.3 cm³/mol. The summed E-state index contributed by atoms with van der Waals surface area (Å²) in [6.07, 6.45) is 4.57. The zero-order chi connectivity index (χ0) is 13.8. The lowest BCUT2D eigenvalue weighted by molar-refractivity contribution is -0.111. The number of amides is 1. The number of carbonyl (C=O) groups is 1. The summed E-state index contributed by atoms with van der Waals surface area (Å²) in [6.45, 7) is 1.90. The summed E-state index contributed by atoms with van der Waals surface area (Å²) in [6, 6.07) is 7.09. The van der Waals surface area contributed by atoms with Crippen molar-refractivity contribution in [3.63, 3.8) is 0 Å². The molecule has 1 heterocycles. The number of aryl methyl sites for hydroxylation is 1. The fraction of sp³-hybridized carbons (Fsp3) is 0.0714. The number of hydrogen-bond donors (Lipinski definition) is 1. The van der Waals surface area contributed by atoms with Crippen LogP contribution in [-0.4, -0.2) is 5.91 Å². The van der Waals surface area contributed by atoms with Gasteiger partial charge in [-0.2, -0.15) is 0 Å². The van der Waals surface area contributed by atoms with E-state index in [0.717, 1.165) is 10.0 Å². The molecule has 1 amide bonds. The van der Waals surface area contributed by atoms with Gasteiger partial charge in [0.1, 0.15) is 5.76 Å². The quantitative estimate of drug-likeness (QED) is 0.826. The lowest BCUT2D eigenvalue weighted by Crippen LogP contribution is -2.08. The van der Waals surface area contributed by atoms with Gasteiger partial charge in [0.15, 0.2) is 0 Å². The van der Waals surface area contributed by atoms with E-state index >= 15 is 0 Å². The lowest BCUT2D eigenvalue weighted by Gasteiger charge is -2.08. The van der Waals surface area contributed by atoms with Crippen LogP contribution in [0.1, 0.15) is 11.3 Å². The van der Waals surface area contributed by atoms with E-state index in [4.69, 9.17) is 16.0 Å². The molecule has 1 N–H and O–H groups in total. The van der Waals surface area contributed by atoms with Crippen LogP contribution in [0.3, 0.4) is 0 Å². The number of hydrogen-bond acceptors (Lipinski definition) is 2. The minimum absolute atomic E-state index is 0.238. The van der Waals surface area contributed by atoms with Gasteiger partial charge in [-0.25, -0.2) is 0 Å². The fourth-order valence-corrected chi connectivity index (χ4v) is 2.12. The summed E-state index contributed by atoms with van der Waals surface area (Å²) < 4.78 is 5.90. The highest BCUT2D eigenvalue weighted by molar-refractivity contribution is 9.10. The number of nitrogens with one attached hydrogen (secondary N) is 1. The van der Waals surface area contributed by atoms with Gasteiger partial charge in [0.2, 0.25) is 5.91 Å². The Bertz CT molecular complexity index is 621. The van der Waals surface area contributed by atoms with Gasteiger partial charge >= 0.3 is 0 Å². The van der Waals surface area contributed by atoms with Crippen molar-refractivity contribution in [2.45, 2.75) is 6.92 Å². The SMILES string of the molecule is Cc1cc(Br)c(Cl)cc1NC(=O)/C=C/c1ccco1. The van der Waals surface area contributed by atoms with Gasteiger partial charge in [-0.05, 0) is 58.8 Å². The lowest BCUT2D eigenvalue weighted by atomic mass is 10.2. The van der Waals surface area contributed by atoms with Crippen molar-refractivity contribution in [1.82, 2.24) is 0 Å². The molecule has 1 aromatic heterocycles. The molecule has 0 aliphatic carbocycles. The van der Waals surface area contributed by atoms with Crippen LogP contribution in [0.4, 0.5) is 5.69 Å². The summed E-state index contributed by atoms with van der Waals surface area (Å²) >= 11 is 9.33.